The van der Waals surface area contributed by atoms with Crippen LogP contribution in [0.15, 0.2) is 59.7 Å². The van der Waals surface area contributed by atoms with Crippen LogP contribution in [-0.2, 0) is 24.9 Å². The van der Waals surface area contributed by atoms with E-state index in [4.69, 9.17) is 5.73 Å². The van der Waals surface area contributed by atoms with Crippen LogP contribution in [0, 0.1) is 5.82 Å². The Morgan fingerprint density at radius 1 is 1.12 bits per heavy atom. The van der Waals surface area contributed by atoms with Gasteiger partial charge in [0.2, 0.25) is 5.91 Å². The lowest BCUT2D eigenvalue weighted by molar-refractivity contribution is -0.162. The van der Waals surface area contributed by atoms with Crippen LogP contribution < -0.4 is 11.3 Å². The van der Waals surface area contributed by atoms with Gasteiger partial charge in [0.05, 0.1) is 30.1 Å². The molecule has 0 spiro atoms. The topological polar surface area (TPSA) is 119 Å². The number of nitrogens with two attached hydrogens (primary N) is 1. The number of nitrogens with zero attached hydrogens (tertiary/aromatic N) is 5. The molecule has 1 aliphatic heterocycles. The van der Waals surface area contributed by atoms with Crippen LogP contribution in [0.2, 0.25) is 0 Å². The van der Waals surface area contributed by atoms with E-state index in [1.165, 1.54) is 50.8 Å². The molecule has 2 aromatic carbocycles. The summed E-state index contributed by atoms with van der Waals surface area (Å²) in [6, 6.07) is 11.8. The summed E-state index contributed by atoms with van der Waals surface area (Å²) < 4.78 is 58.3. The maximum absolute atomic E-state index is 14.4. The van der Waals surface area contributed by atoms with Crippen molar-refractivity contribution in [3.63, 3.8) is 0 Å². The van der Waals surface area contributed by atoms with Crippen LogP contribution in [0.5, 0.6) is 0 Å². The Balaban J connectivity index is 1.30. The van der Waals surface area contributed by atoms with Gasteiger partial charge in [-0.25, -0.2) is 9.37 Å². The number of carbonyl (C=O) groups excluding carboxylic acids is 1. The Morgan fingerprint density at radius 3 is 2.43 bits per heavy atom. The van der Waals surface area contributed by atoms with Gasteiger partial charge in [-0.05, 0) is 24.5 Å². The second-order valence-corrected chi connectivity index (χ2v) is 10.7. The SMILES string of the molecule is Cn1nc2c(=O)n(CC3(O)CCN(C(=O)CC(c4ccccc4)C(F)(F)F)CC3)cnc2c1-c1ccc(CN)c(F)c1. The Kier molecular flexibility index (Phi) is 7.90. The monoisotopic (exact) mass is 586 g/mol. The highest BCUT2D eigenvalue weighted by molar-refractivity contribution is 5.89. The fourth-order valence-electron chi connectivity index (χ4n) is 5.45. The fraction of sp³-hybridized carbons (Fsp3) is 0.379. The number of hydrogen-bond acceptors (Lipinski definition) is 6. The lowest BCUT2D eigenvalue weighted by Crippen LogP contribution is -2.50. The number of amides is 1. The molecule has 42 heavy (non-hydrogen) atoms. The zero-order valence-corrected chi connectivity index (χ0v) is 22.8. The molecule has 13 heteroatoms. The molecule has 222 valence electrons. The van der Waals surface area contributed by atoms with Crippen molar-refractivity contribution in [3.8, 4) is 11.3 Å². The third-order valence-electron chi connectivity index (χ3n) is 7.85. The normalized spacial score (nSPS) is 16.1. The Labute approximate surface area is 238 Å². The quantitative estimate of drug-likeness (QED) is 0.320. The van der Waals surface area contributed by atoms with Crippen LogP contribution >= 0.6 is 0 Å². The van der Waals surface area contributed by atoms with Crippen molar-refractivity contribution >= 4 is 16.9 Å². The molecule has 0 radical (unpaired) electrons. The van der Waals surface area contributed by atoms with Crippen molar-refractivity contribution in [2.75, 3.05) is 13.1 Å². The molecule has 1 amide bonds. The van der Waals surface area contributed by atoms with E-state index < -0.39 is 41.4 Å². The molecule has 3 N–H and O–H groups in total. The van der Waals surface area contributed by atoms with E-state index in [1.54, 1.807) is 25.2 Å². The largest absolute Gasteiger partial charge is 0.396 e. The number of aromatic nitrogens is 4. The van der Waals surface area contributed by atoms with E-state index >= 15 is 0 Å². The zero-order valence-electron chi connectivity index (χ0n) is 22.8. The standard InChI is InChI=1S/C29H30F4N6O3/c1-37-26(19-7-8-20(15-34)22(30)13-19)24-25(36-37)27(41)39(17-35-24)16-28(42)9-11-38(12-10-28)23(40)14-21(29(31,32)33)18-5-3-2-4-6-18/h2-8,13,17,21,42H,9-12,14-16,34H2,1H3. The van der Waals surface area contributed by atoms with Crippen molar-refractivity contribution in [2.45, 2.75) is 50.0 Å². The first-order valence-corrected chi connectivity index (χ1v) is 13.4. The van der Waals surface area contributed by atoms with Crippen LogP contribution in [0.1, 0.15) is 36.3 Å². The van der Waals surface area contributed by atoms with Gasteiger partial charge in [-0.3, -0.25) is 18.8 Å². The molecule has 1 aliphatic rings. The Hall–Kier alpha value is -4.10. The lowest BCUT2D eigenvalue weighted by Gasteiger charge is -2.39. The summed E-state index contributed by atoms with van der Waals surface area (Å²) in [6.45, 7) is -0.0238. The lowest BCUT2D eigenvalue weighted by atomic mass is 9.90. The number of alkyl halides is 3. The van der Waals surface area contributed by atoms with E-state index in [1.807, 2.05) is 0 Å². The average Bonchev–Trinajstić information content (AvgIpc) is 3.29. The minimum Gasteiger partial charge on any atom is -0.388 e. The zero-order chi connectivity index (χ0) is 30.2. The molecular formula is C29H30F4N6O3. The van der Waals surface area contributed by atoms with Crippen molar-refractivity contribution < 1.29 is 27.5 Å². The number of likely N-dealkylation sites (tertiary alicyclic amines) is 1. The number of hydrogen-bond donors (Lipinski definition) is 2. The molecule has 1 unspecified atom stereocenters. The number of rotatable bonds is 7. The third kappa shape index (κ3) is 5.79. The summed E-state index contributed by atoms with van der Waals surface area (Å²) in [5, 5.41) is 15.5. The summed E-state index contributed by atoms with van der Waals surface area (Å²) >= 11 is 0. The van der Waals surface area contributed by atoms with Gasteiger partial charge in [0.1, 0.15) is 11.3 Å². The van der Waals surface area contributed by atoms with Gasteiger partial charge in [0.25, 0.3) is 5.56 Å². The molecular weight excluding hydrogens is 556 g/mol. The van der Waals surface area contributed by atoms with Crippen LogP contribution in [-0.4, -0.2) is 60.1 Å². The van der Waals surface area contributed by atoms with E-state index in [-0.39, 0.29) is 55.6 Å². The highest BCUT2D eigenvalue weighted by Crippen LogP contribution is 2.38. The number of fused-ring (bicyclic) bond motifs is 1. The van der Waals surface area contributed by atoms with Gasteiger partial charge in [-0.15, -0.1) is 0 Å². The molecule has 1 atom stereocenters. The molecule has 1 saturated heterocycles. The first kappa shape index (κ1) is 29.4. The summed E-state index contributed by atoms with van der Waals surface area (Å²) in [5.74, 6) is -3.07. The first-order valence-electron chi connectivity index (χ1n) is 13.4. The highest BCUT2D eigenvalue weighted by Gasteiger charge is 2.43. The number of carbonyl (C=O) groups is 1. The molecule has 4 aromatic rings. The fourth-order valence-corrected chi connectivity index (χ4v) is 5.45. The molecule has 1 fully saturated rings. The number of halogens is 4. The maximum atomic E-state index is 14.4. The second-order valence-electron chi connectivity index (χ2n) is 10.7. The molecule has 0 saturated carbocycles. The molecule has 5 rings (SSSR count). The molecule has 0 aliphatic carbocycles. The molecule has 3 heterocycles. The van der Waals surface area contributed by atoms with Crippen molar-refractivity contribution in [1.29, 1.82) is 0 Å². The van der Waals surface area contributed by atoms with Gasteiger partial charge in [-0.1, -0.05) is 42.5 Å². The molecule has 9 nitrogen and oxygen atoms in total. The van der Waals surface area contributed by atoms with Crippen molar-refractivity contribution in [2.24, 2.45) is 12.8 Å². The van der Waals surface area contributed by atoms with Gasteiger partial charge >= 0.3 is 6.18 Å². The average molecular weight is 587 g/mol. The Morgan fingerprint density at radius 2 is 1.81 bits per heavy atom. The molecule has 2 aromatic heterocycles. The predicted octanol–water partition coefficient (Wildman–Crippen LogP) is 3.48. The summed E-state index contributed by atoms with van der Waals surface area (Å²) in [4.78, 5) is 31.9. The summed E-state index contributed by atoms with van der Waals surface area (Å²) in [7, 11) is 1.61. The second kappa shape index (κ2) is 11.3. The van der Waals surface area contributed by atoms with Crippen LogP contribution in [0.4, 0.5) is 17.6 Å². The highest BCUT2D eigenvalue weighted by atomic mass is 19.4. The number of aryl methyl sites for hydroxylation is 1. The maximum Gasteiger partial charge on any atom is 0.396 e. The summed E-state index contributed by atoms with van der Waals surface area (Å²) in [5.41, 5.74) is 5.22. The van der Waals surface area contributed by atoms with Crippen LogP contribution in [0.3, 0.4) is 0 Å². The van der Waals surface area contributed by atoms with E-state index in [2.05, 4.69) is 10.1 Å². The number of piperidine rings is 1. The molecule has 0 bridgehead atoms. The predicted molar refractivity (Wildman–Crippen MR) is 147 cm³/mol. The number of aliphatic hydroxyl groups is 1. The van der Waals surface area contributed by atoms with Gasteiger partial charge in [0.15, 0.2) is 5.52 Å². The Bertz CT molecular complexity index is 1660. The smallest absolute Gasteiger partial charge is 0.388 e. The van der Waals surface area contributed by atoms with Gasteiger partial charge < -0.3 is 15.7 Å². The van der Waals surface area contributed by atoms with Crippen LogP contribution in [0.25, 0.3) is 22.3 Å². The first-order chi connectivity index (χ1) is 19.9. The van der Waals surface area contributed by atoms with Gasteiger partial charge in [-0.2, -0.15) is 18.3 Å². The minimum atomic E-state index is -4.59. The van der Waals surface area contributed by atoms with Crippen molar-refractivity contribution in [3.05, 3.63) is 82.2 Å². The van der Waals surface area contributed by atoms with E-state index in [0.717, 1.165) is 0 Å². The van der Waals surface area contributed by atoms with E-state index in [9.17, 15) is 32.3 Å². The third-order valence-corrected chi connectivity index (χ3v) is 7.85. The van der Waals surface area contributed by atoms with Crippen molar-refractivity contribution in [1.82, 2.24) is 24.2 Å². The summed E-state index contributed by atoms with van der Waals surface area (Å²) in [6.07, 6.45) is -3.92. The minimum absolute atomic E-state index is 0.0181. The van der Waals surface area contributed by atoms with Gasteiger partial charge in [0, 0.05) is 44.2 Å². The number of benzene rings is 2. The van der Waals surface area contributed by atoms with E-state index in [0.29, 0.717) is 16.8 Å².